The molecule has 1 heterocycles. The zero-order valence-corrected chi connectivity index (χ0v) is 18.1. The first-order valence-corrected chi connectivity index (χ1v) is 10.5. The fraction of sp³-hybridized carbons (Fsp3) is 0.458. The van der Waals surface area contributed by atoms with Gasteiger partial charge < -0.3 is 4.90 Å². The Morgan fingerprint density at radius 1 is 0.964 bits per heavy atom. The van der Waals surface area contributed by atoms with E-state index in [1.165, 1.54) is 22.2 Å². The molecule has 28 heavy (non-hydrogen) atoms. The lowest BCUT2D eigenvalue weighted by molar-refractivity contribution is -0.897. The number of nitrogens with two attached hydrogens (primary N) is 1. The number of nitrogens with zero attached hydrogens (tertiary/aromatic N) is 2. The third-order valence-corrected chi connectivity index (χ3v) is 5.87. The maximum atomic E-state index is 6.65. The standard InChI is InChI=1S/C24H34N4/c1-6-26(7-2)16-17-27-21-10-8-9-11-22(21)28(23(27)25)18-19-12-14-20(15-13-19)24(3,4)5/h8-15,25H,6-7,16-18H2,1-5H3/p+2. The molecule has 3 rings (SSSR count). The van der Waals surface area contributed by atoms with E-state index in [1.807, 2.05) is 0 Å². The molecular formula is C24H36N4+2. The van der Waals surface area contributed by atoms with E-state index < -0.39 is 0 Å². The zero-order valence-electron chi connectivity index (χ0n) is 18.1. The molecule has 0 radical (unpaired) electrons. The fourth-order valence-corrected chi connectivity index (χ4v) is 3.88. The number of likely N-dealkylation sites (N-methyl/N-ethyl adjacent to an activating group) is 1. The predicted molar refractivity (Wildman–Crippen MR) is 118 cm³/mol. The van der Waals surface area contributed by atoms with Crippen molar-refractivity contribution in [2.45, 2.75) is 53.1 Å². The van der Waals surface area contributed by atoms with Crippen LogP contribution in [-0.2, 0) is 18.5 Å². The van der Waals surface area contributed by atoms with Crippen molar-refractivity contribution >= 4 is 17.0 Å². The van der Waals surface area contributed by atoms with E-state index >= 15 is 0 Å². The van der Waals surface area contributed by atoms with E-state index in [0.29, 0.717) is 0 Å². The summed E-state index contributed by atoms with van der Waals surface area (Å²) in [5, 5.41) is 0. The SMILES string of the molecule is CC[NH+](CC)CCn1c(N)[n+](Cc2ccc(C(C)(C)C)cc2)c2ccccc21. The van der Waals surface area contributed by atoms with Crippen molar-refractivity contribution in [1.82, 2.24) is 4.57 Å². The normalized spacial score (nSPS) is 12.2. The first-order valence-electron chi connectivity index (χ1n) is 10.5. The van der Waals surface area contributed by atoms with Crippen LogP contribution in [0.4, 0.5) is 5.95 Å². The highest BCUT2D eigenvalue weighted by atomic mass is 15.2. The first kappa shape index (κ1) is 20.4. The highest BCUT2D eigenvalue weighted by Gasteiger charge is 2.22. The van der Waals surface area contributed by atoms with Gasteiger partial charge >= 0.3 is 5.95 Å². The van der Waals surface area contributed by atoms with Crippen LogP contribution in [0.3, 0.4) is 0 Å². The van der Waals surface area contributed by atoms with Crippen LogP contribution >= 0.6 is 0 Å². The first-order chi connectivity index (χ1) is 13.3. The molecule has 1 aromatic heterocycles. The topological polar surface area (TPSA) is 39.3 Å². The van der Waals surface area contributed by atoms with E-state index in [9.17, 15) is 0 Å². The molecule has 0 saturated heterocycles. The number of hydrogen-bond donors (Lipinski definition) is 2. The number of para-hydroxylation sites is 2. The van der Waals surface area contributed by atoms with Gasteiger partial charge in [0.2, 0.25) is 0 Å². The fourth-order valence-electron chi connectivity index (χ4n) is 3.88. The molecule has 0 aliphatic heterocycles. The van der Waals surface area contributed by atoms with Gasteiger partial charge in [-0.3, -0.25) is 5.73 Å². The summed E-state index contributed by atoms with van der Waals surface area (Å²) in [6.07, 6.45) is 0. The quantitative estimate of drug-likeness (QED) is 0.608. The Hall–Kier alpha value is -2.33. The second-order valence-electron chi connectivity index (χ2n) is 8.74. The molecule has 0 unspecified atom stereocenters. The molecule has 0 amide bonds. The molecule has 4 nitrogen and oxygen atoms in total. The molecule has 0 aliphatic carbocycles. The van der Waals surface area contributed by atoms with Gasteiger partial charge in [0.05, 0.1) is 19.6 Å². The maximum absolute atomic E-state index is 6.65. The third kappa shape index (κ3) is 4.22. The molecule has 150 valence electrons. The summed E-state index contributed by atoms with van der Waals surface area (Å²) in [7, 11) is 0. The van der Waals surface area contributed by atoms with Crippen LogP contribution in [0.25, 0.3) is 11.0 Å². The van der Waals surface area contributed by atoms with Crippen LogP contribution < -0.4 is 15.2 Å². The Bertz CT molecular complexity index is 912. The van der Waals surface area contributed by atoms with Crippen molar-refractivity contribution in [2.24, 2.45) is 0 Å². The van der Waals surface area contributed by atoms with Crippen molar-refractivity contribution in [3.8, 4) is 0 Å². The lowest BCUT2D eigenvalue weighted by atomic mass is 9.87. The molecule has 4 heteroatoms. The average molecular weight is 381 g/mol. The summed E-state index contributed by atoms with van der Waals surface area (Å²) in [6, 6.07) is 17.5. The summed E-state index contributed by atoms with van der Waals surface area (Å²) in [6.45, 7) is 16.4. The van der Waals surface area contributed by atoms with Crippen LogP contribution in [0.15, 0.2) is 48.5 Å². The minimum absolute atomic E-state index is 0.174. The van der Waals surface area contributed by atoms with Crippen LogP contribution in [-0.4, -0.2) is 24.2 Å². The van der Waals surface area contributed by atoms with Crippen molar-refractivity contribution in [3.63, 3.8) is 0 Å². The average Bonchev–Trinajstić information content (AvgIpc) is 2.94. The van der Waals surface area contributed by atoms with Gasteiger partial charge in [-0.2, -0.15) is 0 Å². The summed E-state index contributed by atoms with van der Waals surface area (Å²) in [5.74, 6) is 0.840. The molecule has 3 aromatic rings. The van der Waals surface area contributed by atoms with Gasteiger partial charge in [-0.15, -0.1) is 0 Å². The van der Waals surface area contributed by atoms with E-state index in [1.54, 1.807) is 4.90 Å². The van der Waals surface area contributed by atoms with Crippen LogP contribution in [0.1, 0.15) is 45.7 Å². The van der Waals surface area contributed by atoms with Gasteiger partial charge in [0.15, 0.2) is 0 Å². The Kier molecular flexibility index (Phi) is 6.09. The van der Waals surface area contributed by atoms with Crippen molar-refractivity contribution in [2.75, 3.05) is 25.4 Å². The minimum atomic E-state index is 0.174. The smallest absolute Gasteiger partial charge is 0.333 e. The molecular weight excluding hydrogens is 344 g/mol. The maximum Gasteiger partial charge on any atom is 0.356 e. The Morgan fingerprint density at radius 2 is 1.61 bits per heavy atom. The number of quaternary nitrogens is 1. The number of fused-ring (bicyclic) bond motifs is 1. The monoisotopic (exact) mass is 380 g/mol. The summed E-state index contributed by atoms with van der Waals surface area (Å²) in [4.78, 5) is 1.60. The van der Waals surface area contributed by atoms with E-state index in [2.05, 4.69) is 92.3 Å². The predicted octanol–water partition coefficient (Wildman–Crippen LogP) is 2.78. The van der Waals surface area contributed by atoms with Crippen LogP contribution in [0.2, 0.25) is 0 Å². The molecule has 0 aliphatic rings. The van der Waals surface area contributed by atoms with E-state index in [0.717, 1.165) is 38.7 Å². The van der Waals surface area contributed by atoms with Gasteiger partial charge in [-0.05, 0) is 42.5 Å². The number of nitrogen functional groups attached to an aromatic ring is 1. The second-order valence-corrected chi connectivity index (χ2v) is 8.74. The van der Waals surface area contributed by atoms with Gasteiger partial charge in [0.25, 0.3) is 0 Å². The number of imidazole rings is 1. The van der Waals surface area contributed by atoms with Crippen molar-refractivity contribution in [1.29, 1.82) is 0 Å². The molecule has 3 N–H and O–H groups in total. The Morgan fingerprint density at radius 3 is 2.21 bits per heavy atom. The zero-order chi connectivity index (χ0) is 20.3. The number of nitrogens with one attached hydrogen (secondary N) is 1. The number of aromatic nitrogens is 2. The largest absolute Gasteiger partial charge is 0.356 e. The van der Waals surface area contributed by atoms with Crippen LogP contribution in [0, 0.1) is 0 Å². The molecule has 0 fully saturated rings. The molecule has 2 aromatic carbocycles. The number of benzene rings is 2. The minimum Gasteiger partial charge on any atom is -0.333 e. The lowest BCUT2D eigenvalue weighted by Crippen LogP contribution is -3.11. The van der Waals surface area contributed by atoms with E-state index in [4.69, 9.17) is 5.73 Å². The molecule has 0 atom stereocenters. The van der Waals surface area contributed by atoms with Crippen LogP contribution in [0.5, 0.6) is 0 Å². The number of anilines is 1. The molecule has 0 saturated carbocycles. The Labute approximate surface area is 169 Å². The lowest BCUT2D eigenvalue weighted by Gasteiger charge is -2.19. The highest BCUT2D eigenvalue weighted by molar-refractivity contribution is 5.73. The van der Waals surface area contributed by atoms with E-state index in [-0.39, 0.29) is 5.41 Å². The van der Waals surface area contributed by atoms with Gasteiger partial charge in [-0.1, -0.05) is 57.2 Å². The summed E-state index contributed by atoms with van der Waals surface area (Å²) in [5.41, 5.74) is 11.9. The number of rotatable bonds is 7. The molecule has 0 spiro atoms. The van der Waals surface area contributed by atoms with Crippen molar-refractivity contribution in [3.05, 3.63) is 59.7 Å². The second kappa shape index (κ2) is 8.36. The number of hydrogen-bond acceptors (Lipinski definition) is 1. The highest BCUT2D eigenvalue weighted by Crippen LogP contribution is 2.22. The summed E-state index contributed by atoms with van der Waals surface area (Å²) >= 11 is 0. The van der Waals surface area contributed by atoms with Gasteiger partial charge in [0, 0.05) is 0 Å². The third-order valence-electron chi connectivity index (χ3n) is 5.87. The Balaban J connectivity index is 1.92. The molecule has 0 bridgehead atoms. The van der Waals surface area contributed by atoms with Gasteiger partial charge in [0.1, 0.15) is 24.1 Å². The van der Waals surface area contributed by atoms with Crippen molar-refractivity contribution < 1.29 is 9.47 Å². The summed E-state index contributed by atoms with van der Waals surface area (Å²) < 4.78 is 4.53. The van der Waals surface area contributed by atoms with Gasteiger partial charge in [-0.25, -0.2) is 9.13 Å².